The molecule has 2 aromatic rings. The van der Waals surface area contributed by atoms with Gasteiger partial charge < -0.3 is 14.6 Å². The van der Waals surface area contributed by atoms with Crippen molar-refractivity contribution < 1.29 is 18.7 Å². The molecule has 8 heteroatoms. The van der Waals surface area contributed by atoms with Gasteiger partial charge in [0, 0.05) is 12.3 Å². The largest absolute Gasteiger partial charge is 0.451 e. The minimum atomic E-state index is -1.11. The number of rotatable bonds is 5. The lowest BCUT2D eigenvalue weighted by atomic mass is 10.3. The van der Waals surface area contributed by atoms with E-state index < -0.39 is 23.8 Å². The number of benzene rings is 1. The first kappa shape index (κ1) is 17.7. The number of hydrogen-bond acceptors (Lipinski definition) is 4. The number of aromatic nitrogens is 1. The third-order valence-corrected chi connectivity index (χ3v) is 3.38. The number of nitrogens with zero attached hydrogens (tertiary/aromatic N) is 1. The molecule has 0 unspecified atom stereocenters. The first-order valence-corrected chi connectivity index (χ1v) is 7.35. The van der Waals surface area contributed by atoms with Gasteiger partial charge in [0.15, 0.2) is 6.10 Å². The van der Waals surface area contributed by atoms with Gasteiger partial charge in [0.2, 0.25) is 0 Å². The lowest BCUT2D eigenvalue weighted by Gasteiger charge is -2.14. The van der Waals surface area contributed by atoms with Crippen LogP contribution in [0, 0.1) is 5.82 Å². The number of ether oxygens (including phenoxy) is 1. The minimum absolute atomic E-state index is 0.0257. The van der Waals surface area contributed by atoms with E-state index in [1.54, 1.807) is 12.1 Å². The van der Waals surface area contributed by atoms with Crippen LogP contribution >= 0.6 is 11.6 Å². The van der Waals surface area contributed by atoms with Crippen molar-refractivity contribution in [1.82, 2.24) is 4.57 Å². The summed E-state index contributed by atoms with van der Waals surface area (Å²) in [5.74, 6) is -1.90. The lowest BCUT2D eigenvalue weighted by molar-refractivity contribution is -0.153. The summed E-state index contributed by atoms with van der Waals surface area (Å²) in [6.45, 7) is 1.06. The molecule has 1 aromatic heterocycles. The van der Waals surface area contributed by atoms with Gasteiger partial charge in [-0.25, -0.2) is 4.39 Å². The third kappa shape index (κ3) is 4.66. The first-order valence-electron chi connectivity index (χ1n) is 6.97. The fraction of sp³-hybridized carbons (Fsp3) is 0.188. The summed E-state index contributed by atoms with van der Waals surface area (Å²) >= 11 is 5.81. The van der Waals surface area contributed by atoms with Gasteiger partial charge in [0.25, 0.3) is 11.5 Å². The van der Waals surface area contributed by atoms with Gasteiger partial charge in [-0.05, 0) is 31.2 Å². The molecule has 1 aromatic carbocycles. The quantitative estimate of drug-likeness (QED) is 0.837. The maximum absolute atomic E-state index is 13.0. The van der Waals surface area contributed by atoms with Crippen LogP contribution in [0.3, 0.4) is 0 Å². The van der Waals surface area contributed by atoms with Crippen LogP contribution in [0.1, 0.15) is 6.92 Å². The van der Waals surface area contributed by atoms with E-state index >= 15 is 0 Å². The number of nitrogens with one attached hydrogen (secondary N) is 1. The molecule has 0 saturated carbocycles. The van der Waals surface area contributed by atoms with Crippen molar-refractivity contribution in [3.05, 3.63) is 63.8 Å². The summed E-state index contributed by atoms with van der Waals surface area (Å²) in [5, 5.41) is 2.46. The van der Waals surface area contributed by atoms with Gasteiger partial charge in [-0.15, -0.1) is 0 Å². The Hall–Kier alpha value is -2.67. The fourth-order valence-corrected chi connectivity index (χ4v) is 2.06. The molecule has 1 atom stereocenters. The average Bonchev–Trinajstić information content (AvgIpc) is 2.52. The second kappa shape index (κ2) is 7.74. The van der Waals surface area contributed by atoms with Crippen LogP contribution in [0.15, 0.2) is 47.4 Å². The smallest absolute Gasteiger partial charge is 0.326 e. The van der Waals surface area contributed by atoms with Gasteiger partial charge in [-0.3, -0.25) is 14.4 Å². The summed E-state index contributed by atoms with van der Waals surface area (Å²) in [6.07, 6.45) is 0.324. The monoisotopic (exact) mass is 352 g/mol. The number of hydrogen-bond donors (Lipinski definition) is 1. The number of esters is 1. The normalized spacial score (nSPS) is 11.6. The van der Waals surface area contributed by atoms with Crippen molar-refractivity contribution in [3.8, 4) is 0 Å². The summed E-state index contributed by atoms with van der Waals surface area (Å²) in [5.41, 5.74) is -0.158. The van der Waals surface area contributed by atoms with Crippen molar-refractivity contribution in [3.63, 3.8) is 0 Å². The van der Waals surface area contributed by atoms with Gasteiger partial charge >= 0.3 is 5.97 Å². The zero-order valence-electron chi connectivity index (χ0n) is 12.7. The van der Waals surface area contributed by atoms with Gasteiger partial charge in [-0.2, -0.15) is 0 Å². The minimum Gasteiger partial charge on any atom is -0.451 e. The van der Waals surface area contributed by atoms with E-state index in [1.807, 2.05) is 0 Å². The van der Waals surface area contributed by atoms with Crippen molar-refractivity contribution >= 4 is 29.2 Å². The van der Waals surface area contributed by atoms with Crippen LogP contribution in [0.4, 0.5) is 10.1 Å². The van der Waals surface area contributed by atoms with E-state index in [1.165, 1.54) is 25.3 Å². The van der Waals surface area contributed by atoms with Crippen LogP contribution in [0.25, 0.3) is 0 Å². The van der Waals surface area contributed by atoms with Crippen molar-refractivity contribution in [1.29, 1.82) is 0 Å². The summed E-state index contributed by atoms with van der Waals surface area (Å²) in [7, 11) is 0. The highest BCUT2D eigenvalue weighted by atomic mass is 35.5. The molecule has 126 valence electrons. The highest BCUT2D eigenvalue weighted by molar-refractivity contribution is 6.33. The Morgan fingerprint density at radius 3 is 2.75 bits per heavy atom. The highest BCUT2D eigenvalue weighted by Crippen LogP contribution is 2.22. The topological polar surface area (TPSA) is 77.4 Å². The molecule has 0 aliphatic carbocycles. The first-order chi connectivity index (χ1) is 11.4. The molecule has 0 bridgehead atoms. The Morgan fingerprint density at radius 2 is 2.08 bits per heavy atom. The molecule has 24 heavy (non-hydrogen) atoms. The Bertz CT molecular complexity index is 822. The highest BCUT2D eigenvalue weighted by Gasteiger charge is 2.19. The van der Waals surface area contributed by atoms with Crippen LogP contribution < -0.4 is 10.9 Å². The molecule has 0 spiro atoms. The standard InChI is InChI=1S/C16H14ClFN2O4/c1-10(16(23)19-13-6-5-11(18)8-12(13)17)24-15(22)9-20-7-3-2-4-14(20)21/h2-8,10H,9H2,1H3,(H,19,23)/t10-/m1/s1. The Balaban J connectivity index is 1.94. The summed E-state index contributed by atoms with van der Waals surface area (Å²) in [4.78, 5) is 35.3. The molecule has 0 aliphatic rings. The maximum atomic E-state index is 13.0. The van der Waals surface area contributed by atoms with Gasteiger partial charge in [-0.1, -0.05) is 17.7 Å². The average molecular weight is 353 g/mol. The van der Waals surface area contributed by atoms with Crippen LogP contribution in [-0.2, 0) is 20.9 Å². The van der Waals surface area contributed by atoms with E-state index in [9.17, 15) is 18.8 Å². The predicted octanol–water partition coefficient (Wildman–Crippen LogP) is 2.21. The number of carbonyl (C=O) groups excluding carboxylic acids is 2. The molecule has 1 amide bonds. The second-order valence-electron chi connectivity index (χ2n) is 4.91. The molecule has 0 radical (unpaired) electrons. The SMILES string of the molecule is C[C@@H](OC(=O)Cn1ccccc1=O)C(=O)Nc1ccc(F)cc1Cl. The van der Waals surface area contributed by atoms with E-state index in [0.29, 0.717) is 0 Å². The number of amides is 1. The van der Waals surface area contributed by atoms with E-state index in [0.717, 1.165) is 16.7 Å². The van der Waals surface area contributed by atoms with Crippen LogP contribution in [0.2, 0.25) is 5.02 Å². The number of anilines is 1. The Labute approximate surface area is 141 Å². The molecular weight excluding hydrogens is 339 g/mol. The number of pyridine rings is 1. The summed E-state index contributed by atoms with van der Waals surface area (Å²) in [6, 6.07) is 7.94. The van der Waals surface area contributed by atoms with Crippen LogP contribution in [-0.4, -0.2) is 22.5 Å². The van der Waals surface area contributed by atoms with Gasteiger partial charge in [0.05, 0.1) is 10.7 Å². The number of halogens is 2. The maximum Gasteiger partial charge on any atom is 0.326 e. The van der Waals surface area contributed by atoms with Crippen molar-refractivity contribution in [2.75, 3.05) is 5.32 Å². The molecule has 0 aliphatic heterocycles. The molecule has 0 fully saturated rings. The zero-order valence-corrected chi connectivity index (χ0v) is 13.4. The van der Waals surface area contributed by atoms with E-state index in [-0.39, 0.29) is 22.8 Å². The fourth-order valence-electron chi connectivity index (χ4n) is 1.84. The predicted molar refractivity (Wildman–Crippen MR) is 86.3 cm³/mol. The summed E-state index contributed by atoms with van der Waals surface area (Å²) < 4.78 is 19.1. The van der Waals surface area contributed by atoms with E-state index in [2.05, 4.69) is 5.32 Å². The van der Waals surface area contributed by atoms with E-state index in [4.69, 9.17) is 16.3 Å². The third-order valence-electron chi connectivity index (χ3n) is 3.06. The zero-order chi connectivity index (χ0) is 17.7. The van der Waals surface area contributed by atoms with Crippen molar-refractivity contribution in [2.24, 2.45) is 0 Å². The number of carbonyl (C=O) groups is 2. The molecule has 2 rings (SSSR count). The van der Waals surface area contributed by atoms with Gasteiger partial charge in [0.1, 0.15) is 12.4 Å². The molecule has 1 heterocycles. The molecule has 1 N–H and O–H groups in total. The lowest BCUT2D eigenvalue weighted by Crippen LogP contribution is -2.32. The van der Waals surface area contributed by atoms with Crippen LogP contribution in [0.5, 0.6) is 0 Å². The molecule has 6 nitrogen and oxygen atoms in total. The Morgan fingerprint density at radius 1 is 1.33 bits per heavy atom. The molecular formula is C16H14ClFN2O4. The molecule has 0 saturated heterocycles. The van der Waals surface area contributed by atoms with Crippen molar-refractivity contribution in [2.45, 2.75) is 19.6 Å². The Kier molecular flexibility index (Phi) is 5.70. The second-order valence-corrected chi connectivity index (χ2v) is 5.32.